The molecule has 9 heteroatoms. The highest BCUT2D eigenvalue weighted by Gasteiger charge is 2.24. The Labute approximate surface area is 202 Å². The minimum Gasteiger partial charge on any atom is -0.370 e. The second kappa shape index (κ2) is 9.59. The summed E-state index contributed by atoms with van der Waals surface area (Å²) in [6, 6.07) is 16.3. The van der Waals surface area contributed by atoms with Gasteiger partial charge >= 0.3 is 0 Å². The molecule has 0 amide bonds. The van der Waals surface area contributed by atoms with Gasteiger partial charge in [0.15, 0.2) is 0 Å². The van der Waals surface area contributed by atoms with Crippen LogP contribution in [-0.4, -0.2) is 34.3 Å². The van der Waals surface area contributed by atoms with E-state index in [2.05, 4.69) is 21.3 Å². The lowest BCUT2D eigenvalue weighted by Crippen LogP contribution is -2.36. The molecule has 35 heavy (non-hydrogen) atoms. The van der Waals surface area contributed by atoms with Crippen LogP contribution in [0.2, 0.25) is 12.6 Å². The summed E-state index contributed by atoms with van der Waals surface area (Å²) in [5.41, 5.74) is 2.89. The third-order valence-electron chi connectivity index (χ3n) is 6.45. The first-order chi connectivity index (χ1) is 17.1. The van der Waals surface area contributed by atoms with Crippen molar-refractivity contribution in [3.63, 3.8) is 0 Å². The predicted octanol–water partition coefficient (Wildman–Crippen LogP) is 4.74. The van der Waals surface area contributed by atoms with Crippen LogP contribution in [0.5, 0.6) is 0 Å². The van der Waals surface area contributed by atoms with Crippen LogP contribution in [0.1, 0.15) is 6.92 Å². The van der Waals surface area contributed by atoms with Crippen molar-refractivity contribution in [2.45, 2.75) is 26.1 Å². The summed E-state index contributed by atoms with van der Waals surface area (Å²) in [7, 11) is 0. The van der Waals surface area contributed by atoms with E-state index in [0.717, 1.165) is 23.6 Å². The normalized spacial score (nSPS) is 13.6. The Morgan fingerprint density at radius 3 is 2.60 bits per heavy atom. The number of aromatic nitrogens is 3. The van der Waals surface area contributed by atoms with Crippen LogP contribution in [0.3, 0.4) is 0 Å². The van der Waals surface area contributed by atoms with Gasteiger partial charge in [-0.05, 0) is 49.4 Å². The number of nitrogens with zero attached hydrogens (tertiary/aromatic N) is 5. The van der Waals surface area contributed by atoms with Gasteiger partial charge in [0.2, 0.25) is 5.95 Å². The Hall–Kier alpha value is -4.19. The van der Waals surface area contributed by atoms with Gasteiger partial charge in [0.05, 0.1) is 5.69 Å². The standard InChI is InChI=1S/C26H24BFN6O/c1-2-34-24-19(14-21(25(34)35)18-6-4-3-5-7-18)16-30-26(32-24)31-20-8-9-23(22(28)15-20)33-12-10-27(17-29)11-13-33/h3-9,14-16H,2,10-13H2,1H3,(H,30,31,32). The fourth-order valence-electron chi connectivity index (χ4n) is 4.56. The van der Waals surface area contributed by atoms with E-state index in [1.165, 1.54) is 6.07 Å². The molecule has 0 bridgehead atoms. The molecule has 0 spiro atoms. The predicted molar refractivity (Wildman–Crippen MR) is 138 cm³/mol. The molecule has 0 radical (unpaired) electrons. The SMILES string of the molecule is CCn1c(=O)c(-c2ccccc2)cc2cnc(Nc3ccc(N4CCB(C#N)CC4)c(F)c3)nc21. The van der Waals surface area contributed by atoms with Gasteiger partial charge in [-0.15, -0.1) is 0 Å². The zero-order chi connectivity index (χ0) is 24.4. The smallest absolute Gasteiger partial charge is 0.271 e. The highest BCUT2D eigenvalue weighted by molar-refractivity contribution is 6.67. The van der Waals surface area contributed by atoms with Crippen molar-refractivity contribution < 1.29 is 4.39 Å². The number of benzene rings is 2. The average molecular weight is 466 g/mol. The van der Waals surface area contributed by atoms with E-state index in [1.54, 1.807) is 22.9 Å². The Balaban J connectivity index is 1.42. The van der Waals surface area contributed by atoms with E-state index < -0.39 is 0 Å². The number of nitrogens with one attached hydrogen (secondary N) is 1. The fourth-order valence-corrected chi connectivity index (χ4v) is 4.56. The van der Waals surface area contributed by atoms with Crippen molar-refractivity contribution in [2.75, 3.05) is 23.3 Å². The maximum absolute atomic E-state index is 14.9. The van der Waals surface area contributed by atoms with Crippen LogP contribution >= 0.6 is 0 Å². The van der Waals surface area contributed by atoms with Gasteiger partial charge in [-0.3, -0.25) is 9.36 Å². The molecule has 1 aliphatic heterocycles. The van der Waals surface area contributed by atoms with Crippen molar-refractivity contribution in [3.8, 4) is 17.1 Å². The highest BCUT2D eigenvalue weighted by atomic mass is 19.1. The molecule has 3 heterocycles. The van der Waals surface area contributed by atoms with E-state index in [-0.39, 0.29) is 24.0 Å². The molecule has 1 saturated heterocycles. The number of anilines is 3. The van der Waals surface area contributed by atoms with Crippen molar-refractivity contribution >= 4 is 35.1 Å². The summed E-state index contributed by atoms with van der Waals surface area (Å²) in [6.07, 6.45) is 3.16. The van der Waals surface area contributed by atoms with Crippen LogP contribution in [-0.2, 0) is 6.54 Å². The number of pyridine rings is 1. The van der Waals surface area contributed by atoms with Gasteiger partial charge in [-0.2, -0.15) is 4.98 Å². The number of hydrogen-bond donors (Lipinski definition) is 1. The molecule has 0 saturated carbocycles. The first kappa shape index (κ1) is 22.6. The minimum absolute atomic E-state index is 0.0459. The second-order valence-corrected chi connectivity index (χ2v) is 8.63. The molecule has 1 fully saturated rings. The summed E-state index contributed by atoms with van der Waals surface area (Å²) in [5.74, 6) is 2.24. The minimum atomic E-state index is -0.343. The molecule has 7 nitrogen and oxygen atoms in total. The molecule has 0 atom stereocenters. The third kappa shape index (κ3) is 4.47. The largest absolute Gasteiger partial charge is 0.370 e. The topological polar surface area (TPSA) is 86.8 Å². The number of fused-ring (bicyclic) bond motifs is 1. The van der Waals surface area contributed by atoms with Crippen molar-refractivity contribution in [1.82, 2.24) is 14.5 Å². The molecule has 1 aliphatic rings. The van der Waals surface area contributed by atoms with E-state index in [0.29, 0.717) is 42.2 Å². The summed E-state index contributed by atoms with van der Waals surface area (Å²) in [6.45, 7) is 3.73. The zero-order valence-corrected chi connectivity index (χ0v) is 19.4. The monoisotopic (exact) mass is 466 g/mol. The Kier molecular flexibility index (Phi) is 6.19. The second-order valence-electron chi connectivity index (χ2n) is 8.63. The average Bonchev–Trinajstić information content (AvgIpc) is 2.89. The lowest BCUT2D eigenvalue weighted by Gasteiger charge is -2.30. The third-order valence-corrected chi connectivity index (χ3v) is 6.45. The molecular formula is C26H24BFN6O. The van der Waals surface area contributed by atoms with Gasteiger partial charge in [0.25, 0.3) is 12.3 Å². The van der Waals surface area contributed by atoms with E-state index in [9.17, 15) is 9.18 Å². The van der Waals surface area contributed by atoms with E-state index in [1.807, 2.05) is 48.2 Å². The lowest BCUT2D eigenvalue weighted by atomic mass is 9.45. The molecule has 4 aromatic rings. The van der Waals surface area contributed by atoms with Crippen LogP contribution < -0.4 is 15.8 Å². The molecule has 1 N–H and O–H groups in total. The zero-order valence-electron chi connectivity index (χ0n) is 19.4. The molecule has 174 valence electrons. The number of aryl methyl sites for hydroxylation is 1. The number of rotatable bonds is 5. The molecule has 2 aromatic heterocycles. The van der Waals surface area contributed by atoms with Gasteiger partial charge in [-0.1, -0.05) is 30.3 Å². The maximum atomic E-state index is 14.9. The summed E-state index contributed by atoms with van der Waals surface area (Å²) in [5, 5.41) is 12.9. The summed E-state index contributed by atoms with van der Waals surface area (Å²) in [4.78, 5) is 24.1. The van der Waals surface area contributed by atoms with Crippen LogP contribution in [0.25, 0.3) is 22.2 Å². The lowest BCUT2D eigenvalue weighted by molar-refractivity contribution is 0.619. The van der Waals surface area contributed by atoms with Crippen LogP contribution in [0.15, 0.2) is 65.6 Å². The fraction of sp³-hybridized carbons (Fsp3) is 0.231. The summed E-state index contributed by atoms with van der Waals surface area (Å²) < 4.78 is 16.5. The van der Waals surface area contributed by atoms with Gasteiger partial charge < -0.3 is 10.2 Å². The van der Waals surface area contributed by atoms with E-state index >= 15 is 0 Å². The van der Waals surface area contributed by atoms with Gasteiger partial charge in [-0.25, -0.2) is 14.6 Å². The first-order valence-electron chi connectivity index (χ1n) is 11.7. The maximum Gasteiger partial charge on any atom is 0.271 e. The summed E-state index contributed by atoms with van der Waals surface area (Å²) >= 11 is 0. The molecule has 0 aliphatic carbocycles. The molecular weight excluding hydrogens is 442 g/mol. The van der Waals surface area contributed by atoms with Gasteiger partial charge in [0, 0.05) is 48.4 Å². The van der Waals surface area contributed by atoms with Crippen molar-refractivity contribution in [3.05, 3.63) is 77.0 Å². The van der Waals surface area contributed by atoms with E-state index in [4.69, 9.17) is 5.26 Å². The number of nitriles is 1. The van der Waals surface area contributed by atoms with Crippen molar-refractivity contribution in [2.24, 2.45) is 0 Å². The van der Waals surface area contributed by atoms with Gasteiger partial charge in [0.1, 0.15) is 11.5 Å². The molecule has 5 rings (SSSR count). The number of halogens is 1. The molecule has 0 unspecified atom stereocenters. The highest BCUT2D eigenvalue weighted by Crippen LogP contribution is 2.27. The molecule has 2 aromatic carbocycles. The first-order valence-corrected chi connectivity index (χ1v) is 11.7. The quantitative estimate of drug-likeness (QED) is 0.428. The Morgan fingerprint density at radius 2 is 1.91 bits per heavy atom. The van der Waals surface area contributed by atoms with Crippen LogP contribution in [0, 0.1) is 17.0 Å². The Morgan fingerprint density at radius 1 is 1.14 bits per heavy atom. The number of hydrogen-bond acceptors (Lipinski definition) is 6. The van der Waals surface area contributed by atoms with Crippen LogP contribution in [0.4, 0.5) is 21.7 Å². The Bertz CT molecular complexity index is 1480. The van der Waals surface area contributed by atoms with Crippen molar-refractivity contribution in [1.29, 1.82) is 5.26 Å².